The van der Waals surface area contributed by atoms with Gasteiger partial charge < -0.3 is 19.5 Å². The van der Waals surface area contributed by atoms with E-state index in [2.05, 4.69) is 10.1 Å². The molecule has 0 atom stereocenters. The van der Waals surface area contributed by atoms with Crippen molar-refractivity contribution in [3.63, 3.8) is 0 Å². The van der Waals surface area contributed by atoms with Crippen LogP contribution in [-0.2, 0) is 9.53 Å². The maximum absolute atomic E-state index is 11.9. The lowest BCUT2D eigenvalue weighted by Crippen LogP contribution is -2.20. The molecule has 0 bridgehead atoms. The molecule has 6 nitrogen and oxygen atoms in total. The molecule has 2 rings (SSSR count). The minimum atomic E-state index is -0.493. The SMILES string of the molecule is COC(=O)c1ccsc1NC(=O)COc1ccc(OC)cc1. The summed E-state index contributed by atoms with van der Waals surface area (Å²) in [4.78, 5) is 23.4. The van der Waals surface area contributed by atoms with Gasteiger partial charge in [0, 0.05) is 0 Å². The van der Waals surface area contributed by atoms with E-state index in [1.165, 1.54) is 18.4 Å². The molecule has 0 aliphatic heterocycles. The first kappa shape index (κ1) is 15.8. The second kappa shape index (κ2) is 7.46. The van der Waals surface area contributed by atoms with Crippen LogP contribution in [0.2, 0.25) is 0 Å². The summed E-state index contributed by atoms with van der Waals surface area (Å²) in [6.45, 7) is -0.162. The van der Waals surface area contributed by atoms with E-state index in [4.69, 9.17) is 9.47 Å². The van der Waals surface area contributed by atoms with Crippen LogP contribution in [0.5, 0.6) is 11.5 Å². The number of carbonyl (C=O) groups is 2. The van der Waals surface area contributed by atoms with Gasteiger partial charge in [-0.2, -0.15) is 0 Å². The molecule has 1 aromatic heterocycles. The number of anilines is 1. The monoisotopic (exact) mass is 321 g/mol. The van der Waals surface area contributed by atoms with E-state index in [0.717, 1.165) is 0 Å². The zero-order chi connectivity index (χ0) is 15.9. The van der Waals surface area contributed by atoms with Crippen LogP contribution in [0, 0.1) is 0 Å². The Bertz CT molecular complexity index is 650. The molecule has 0 spiro atoms. The third-order valence-electron chi connectivity index (χ3n) is 2.75. The summed E-state index contributed by atoms with van der Waals surface area (Å²) in [7, 11) is 2.86. The zero-order valence-electron chi connectivity index (χ0n) is 12.1. The Morgan fingerprint density at radius 3 is 2.41 bits per heavy atom. The van der Waals surface area contributed by atoms with Gasteiger partial charge in [0.15, 0.2) is 6.61 Å². The van der Waals surface area contributed by atoms with Gasteiger partial charge in [-0.15, -0.1) is 11.3 Å². The van der Waals surface area contributed by atoms with Gasteiger partial charge in [0.2, 0.25) is 0 Å². The smallest absolute Gasteiger partial charge is 0.340 e. The molecular formula is C15H15NO5S. The molecule has 1 aromatic carbocycles. The van der Waals surface area contributed by atoms with E-state index < -0.39 is 5.97 Å². The fraction of sp³-hybridized carbons (Fsp3) is 0.200. The van der Waals surface area contributed by atoms with Crippen molar-refractivity contribution >= 4 is 28.2 Å². The number of benzene rings is 1. The highest BCUT2D eigenvalue weighted by Gasteiger charge is 2.15. The molecule has 0 saturated carbocycles. The lowest BCUT2D eigenvalue weighted by atomic mass is 10.3. The molecule has 22 heavy (non-hydrogen) atoms. The number of hydrogen-bond donors (Lipinski definition) is 1. The number of thiophene rings is 1. The summed E-state index contributed by atoms with van der Waals surface area (Å²) >= 11 is 1.24. The highest BCUT2D eigenvalue weighted by Crippen LogP contribution is 2.24. The summed E-state index contributed by atoms with van der Waals surface area (Å²) < 4.78 is 15.0. The molecule has 7 heteroatoms. The van der Waals surface area contributed by atoms with Crippen molar-refractivity contribution in [3.8, 4) is 11.5 Å². The molecule has 2 aromatic rings. The van der Waals surface area contributed by atoms with Crippen LogP contribution >= 0.6 is 11.3 Å². The van der Waals surface area contributed by atoms with Gasteiger partial charge in [-0.05, 0) is 35.7 Å². The molecule has 0 radical (unpaired) electrons. The third kappa shape index (κ3) is 3.98. The first-order valence-electron chi connectivity index (χ1n) is 6.36. The molecule has 0 aliphatic rings. The van der Waals surface area contributed by atoms with Crippen LogP contribution in [0.25, 0.3) is 0 Å². The Morgan fingerprint density at radius 1 is 1.09 bits per heavy atom. The molecule has 0 unspecified atom stereocenters. The van der Waals surface area contributed by atoms with Crippen molar-refractivity contribution in [2.45, 2.75) is 0 Å². The third-order valence-corrected chi connectivity index (χ3v) is 3.58. The van der Waals surface area contributed by atoms with Crippen molar-refractivity contribution in [2.24, 2.45) is 0 Å². The van der Waals surface area contributed by atoms with Gasteiger partial charge >= 0.3 is 5.97 Å². The van der Waals surface area contributed by atoms with E-state index in [1.807, 2.05) is 0 Å². The number of nitrogens with one attached hydrogen (secondary N) is 1. The summed E-state index contributed by atoms with van der Waals surface area (Å²) in [5, 5.41) is 4.77. The highest BCUT2D eigenvalue weighted by molar-refractivity contribution is 7.14. The fourth-order valence-electron chi connectivity index (χ4n) is 1.66. The van der Waals surface area contributed by atoms with Crippen LogP contribution in [0.3, 0.4) is 0 Å². The first-order chi connectivity index (χ1) is 10.6. The second-order valence-electron chi connectivity index (χ2n) is 4.17. The van der Waals surface area contributed by atoms with Crippen molar-refractivity contribution in [1.29, 1.82) is 0 Å². The largest absolute Gasteiger partial charge is 0.497 e. The summed E-state index contributed by atoms with van der Waals surface area (Å²) in [5.41, 5.74) is 0.324. The number of rotatable bonds is 6. The normalized spacial score (nSPS) is 9.91. The van der Waals surface area contributed by atoms with Gasteiger partial charge in [-0.25, -0.2) is 4.79 Å². The molecule has 1 N–H and O–H groups in total. The van der Waals surface area contributed by atoms with E-state index in [9.17, 15) is 9.59 Å². The van der Waals surface area contributed by atoms with E-state index >= 15 is 0 Å². The molecule has 1 amide bonds. The molecule has 116 valence electrons. The topological polar surface area (TPSA) is 73.9 Å². The van der Waals surface area contributed by atoms with E-state index in [1.54, 1.807) is 42.8 Å². The van der Waals surface area contributed by atoms with E-state index in [0.29, 0.717) is 22.1 Å². The van der Waals surface area contributed by atoms with Gasteiger partial charge in [-0.3, -0.25) is 4.79 Å². The van der Waals surface area contributed by atoms with Crippen LogP contribution < -0.4 is 14.8 Å². The average molecular weight is 321 g/mol. The minimum Gasteiger partial charge on any atom is -0.497 e. The number of ether oxygens (including phenoxy) is 3. The molecular weight excluding hydrogens is 306 g/mol. The fourth-order valence-corrected chi connectivity index (χ4v) is 2.45. The zero-order valence-corrected chi connectivity index (χ0v) is 12.9. The van der Waals surface area contributed by atoms with Crippen LogP contribution in [0.15, 0.2) is 35.7 Å². The predicted molar refractivity (Wildman–Crippen MR) is 82.8 cm³/mol. The Hall–Kier alpha value is -2.54. The maximum atomic E-state index is 11.9. The summed E-state index contributed by atoms with van der Waals surface area (Å²) in [6, 6.07) is 8.48. The van der Waals surface area contributed by atoms with Gasteiger partial charge in [0.05, 0.1) is 19.8 Å². The number of amides is 1. The Kier molecular flexibility index (Phi) is 5.37. The lowest BCUT2D eigenvalue weighted by Gasteiger charge is -2.08. The Balaban J connectivity index is 1.90. The van der Waals surface area contributed by atoms with Crippen LogP contribution in [0.4, 0.5) is 5.00 Å². The standard InChI is InChI=1S/C15H15NO5S/c1-19-10-3-5-11(6-4-10)21-9-13(17)16-14-12(7-8-22-14)15(18)20-2/h3-8H,9H2,1-2H3,(H,16,17). The van der Waals surface area contributed by atoms with Gasteiger partial charge in [0.25, 0.3) is 5.91 Å². The van der Waals surface area contributed by atoms with Crippen molar-refractivity contribution in [1.82, 2.24) is 0 Å². The highest BCUT2D eigenvalue weighted by atomic mass is 32.1. The molecule has 0 saturated heterocycles. The van der Waals surface area contributed by atoms with Crippen LogP contribution in [0.1, 0.15) is 10.4 Å². The Labute approximate surface area is 131 Å². The quantitative estimate of drug-likeness (QED) is 0.828. The van der Waals surface area contributed by atoms with Crippen molar-refractivity contribution < 1.29 is 23.8 Å². The molecule has 0 aliphatic carbocycles. The number of methoxy groups -OCH3 is 2. The van der Waals surface area contributed by atoms with Crippen LogP contribution in [-0.4, -0.2) is 32.7 Å². The number of carbonyl (C=O) groups excluding carboxylic acids is 2. The molecule has 1 heterocycles. The van der Waals surface area contributed by atoms with E-state index in [-0.39, 0.29) is 12.5 Å². The van der Waals surface area contributed by atoms with Gasteiger partial charge in [-0.1, -0.05) is 0 Å². The number of hydrogen-bond acceptors (Lipinski definition) is 6. The number of esters is 1. The summed E-state index contributed by atoms with van der Waals surface area (Å²) in [6.07, 6.45) is 0. The van der Waals surface area contributed by atoms with Crippen molar-refractivity contribution in [2.75, 3.05) is 26.1 Å². The first-order valence-corrected chi connectivity index (χ1v) is 7.24. The lowest BCUT2D eigenvalue weighted by molar-refractivity contribution is -0.118. The van der Waals surface area contributed by atoms with Gasteiger partial charge in [0.1, 0.15) is 16.5 Å². The molecule has 0 fully saturated rings. The Morgan fingerprint density at radius 2 is 1.77 bits per heavy atom. The summed E-state index contributed by atoms with van der Waals surface area (Å²) in [5.74, 6) is 0.407. The maximum Gasteiger partial charge on any atom is 0.340 e. The van der Waals surface area contributed by atoms with Crippen molar-refractivity contribution in [3.05, 3.63) is 41.3 Å². The second-order valence-corrected chi connectivity index (χ2v) is 5.08. The predicted octanol–water partition coefficient (Wildman–Crippen LogP) is 2.56. The average Bonchev–Trinajstić information content (AvgIpc) is 3.00. The minimum absolute atomic E-state index is 0.162.